The third-order valence-electron chi connectivity index (χ3n) is 3.18. The highest BCUT2D eigenvalue weighted by atomic mass is 35.5. The molecule has 0 saturated carbocycles. The summed E-state index contributed by atoms with van der Waals surface area (Å²) in [5.41, 5.74) is -1.46. The molecule has 0 fully saturated rings. The maximum atomic E-state index is 12.5. The van der Waals surface area contributed by atoms with E-state index in [4.69, 9.17) is 23.2 Å². The summed E-state index contributed by atoms with van der Waals surface area (Å²) >= 11 is 11.8. The van der Waals surface area contributed by atoms with Crippen LogP contribution in [0, 0.1) is 20.2 Å². The van der Waals surface area contributed by atoms with Crippen molar-refractivity contribution in [2.75, 3.05) is 17.7 Å². The van der Waals surface area contributed by atoms with Gasteiger partial charge >= 0.3 is 0 Å². The number of nitrogens with one attached hydrogen (secondary N) is 2. The monoisotopic (exact) mass is 384 g/mol. The molecule has 0 aromatic heterocycles. The third kappa shape index (κ3) is 3.95. The van der Waals surface area contributed by atoms with E-state index in [9.17, 15) is 25.0 Å². The first kappa shape index (κ1) is 18.4. The number of hydrogen-bond acceptors (Lipinski definition) is 6. The number of non-ortho nitro benzene ring substituents is 1. The molecule has 11 heteroatoms. The summed E-state index contributed by atoms with van der Waals surface area (Å²) in [6, 6.07) is 6.05. The summed E-state index contributed by atoms with van der Waals surface area (Å²) in [5.74, 6) is -0.819. The quantitative estimate of drug-likeness (QED) is 0.589. The molecule has 1 amide bonds. The molecular weight excluding hydrogens is 375 g/mol. The highest BCUT2D eigenvalue weighted by Gasteiger charge is 2.27. The van der Waals surface area contributed by atoms with Crippen molar-refractivity contribution in [2.45, 2.75) is 0 Å². The van der Waals surface area contributed by atoms with Crippen LogP contribution in [0.2, 0.25) is 10.0 Å². The normalized spacial score (nSPS) is 10.2. The first-order valence-electron chi connectivity index (χ1n) is 6.65. The van der Waals surface area contributed by atoms with Gasteiger partial charge in [0.2, 0.25) is 0 Å². The first-order chi connectivity index (χ1) is 11.7. The minimum Gasteiger partial charge on any atom is -0.382 e. The Hall–Kier alpha value is -2.91. The van der Waals surface area contributed by atoms with Crippen molar-refractivity contribution in [2.24, 2.45) is 0 Å². The fourth-order valence-electron chi connectivity index (χ4n) is 2.09. The molecule has 0 radical (unpaired) electrons. The maximum Gasteiger partial charge on any atom is 0.300 e. The van der Waals surface area contributed by atoms with Gasteiger partial charge in [-0.1, -0.05) is 23.2 Å². The van der Waals surface area contributed by atoms with Crippen LogP contribution in [0.4, 0.5) is 22.7 Å². The van der Waals surface area contributed by atoms with Crippen LogP contribution in [0.3, 0.4) is 0 Å². The number of amides is 1. The zero-order chi connectivity index (χ0) is 18.7. The maximum absolute atomic E-state index is 12.5. The molecule has 2 rings (SSSR count). The Labute approximate surface area is 150 Å². The Morgan fingerprint density at radius 2 is 1.76 bits per heavy atom. The lowest BCUT2D eigenvalue weighted by molar-refractivity contribution is -0.393. The Bertz CT molecular complexity index is 888. The molecule has 25 heavy (non-hydrogen) atoms. The Morgan fingerprint density at radius 3 is 2.32 bits per heavy atom. The molecule has 0 aliphatic carbocycles. The van der Waals surface area contributed by atoms with E-state index in [1.54, 1.807) is 0 Å². The number of carbonyl (C=O) groups excluding carboxylic acids is 1. The standard InChI is InChI=1S/C14H10Cl2N4O5/c1-17-13-9(5-8(19(22)23)6-12(13)20(24)25)14(21)18-11-4-7(15)2-3-10(11)16/h2-6,17H,1H3,(H,18,21). The molecule has 2 aromatic carbocycles. The first-order valence-corrected chi connectivity index (χ1v) is 7.41. The Kier molecular flexibility index (Phi) is 5.40. The van der Waals surface area contributed by atoms with Crippen LogP contribution in [0.25, 0.3) is 0 Å². The van der Waals surface area contributed by atoms with E-state index in [1.165, 1.54) is 25.2 Å². The van der Waals surface area contributed by atoms with Crippen LogP contribution in [-0.4, -0.2) is 22.8 Å². The van der Waals surface area contributed by atoms with Crippen molar-refractivity contribution in [3.63, 3.8) is 0 Å². The van der Waals surface area contributed by atoms with E-state index >= 15 is 0 Å². The molecule has 2 N–H and O–H groups in total. The topological polar surface area (TPSA) is 127 Å². The second-order valence-corrected chi connectivity index (χ2v) is 5.57. The predicted octanol–water partition coefficient (Wildman–Crippen LogP) is 4.10. The van der Waals surface area contributed by atoms with Crippen molar-refractivity contribution in [1.82, 2.24) is 0 Å². The van der Waals surface area contributed by atoms with Crippen molar-refractivity contribution < 1.29 is 14.6 Å². The number of benzene rings is 2. The van der Waals surface area contributed by atoms with Crippen molar-refractivity contribution in [3.05, 3.63) is 66.2 Å². The lowest BCUT2D eigenvalue weighted by Gasteiger charge is -2.11. The zero-order valence-corrected chi connectivity index (χ0v) is 14.1. The van der Waals surface area contributed by atoms with E-state index in [0.717, 1.165) is 12.1 Å². The molecule has 0 aliphatic rings. The molecule has 0 unspecified atom stereocenters. The average Bonchev–Trinajstić information content (AvgIpc) is 2.56. The summed E-state index contributed by atoms with van der Waals surface area (Å²) in [5, 5.41) is 27.6. The number of carbonyl (C=O) groups is 1. The molecular formula is C14H10Cl2N4O5. The highest BCUT2D eigenvalue weighted by Crippen LogP contribution is 2.34. The summed E-state index contributed by atoms with van der Waals surface area (Å²) < 4.78 is 0. The van der Waals surface area contributed by atoms with Crippen LogP contribution in [0.5, 0.6) is 0 Å². The molecule has 2 aromatic rings. The number of rotatable bonds is 5. The average molecular weight is 385 g/mol. The summed E-state index contributed by atoms with van der Waals surface area (Å²) in [4.78, 5) is 33.0. The van der Waals surface area contributed by atoms with Gasteiger partial charge in [0.1, 0.15) is 5.69 Å². The van der Waals surface area contributed by atoms with E-state index < -0.39 is 27.1 Å². The van der Waals surface area contributed by atoms with Crippen LogP contribution < -0.4 is 10.6 Å². The second-order valence-electron chi connectivity index (χ2n) is 4.73. The van der Waals surface area contributed by atoms with E-state index in [0.29, 0.717) is 5.02 Å². The number of nitro benzene ring substituents is 2. The SMILES string of the molecule is CNc1c(C(=O)Nc2cc(Cl)ccc2Cl)cc([N+](=O)[O-])cc1[N+](=O)[O-]. The van der Waals surface area contributed by atoms with Crippen LogP contribution >= 0.6 is 23.2 Å². The summed E-state index contributed by atoms with van der Waals surface area (Å²) in [7, 11) is 1.36. The molecule has 0 spiro atoms. The zero-order valence-electron chi connectivity index (χ0n) is 12.6. The largest absolute Gasteiger partial charge is 0.382 e. The van der Waals surface area contributed by atoms with Gasteiger partial charge in [-0.3, -0.25) is 25.0 Å². The van der Waals surface area contributed by atoms with Crippen LogP contribution in [-0.2, 0) is 0 Å². The van der Waals surface area contributed by atoms with Gasteiger partial charge in [-0.2, -0.15) is 0 Å². The molecule has 0 aliphatic heterocycles. The second kappa shape index (κ2) is 7.32. The fraction of sp³-hybridized carbons (Fsp3) is 0.0714. The van der Waals surface area contributed by atoms with E-state index in [-0.39, 0.29) is 22.0 Å². The van der Waals surface area contributed by atoms with Gasteiger partial charge in [0.05, 0.1) is 32.2 Å². The van der Waals surface area contributed by atoms with Gasteiger partial charge < -0.3 is 10.6 Å². The van der Waals surface area contributed by atoms with Crippen molar-refractivity contribution >= 4 is 51.9 Å². The van der Waals surface area contributed by atoms with Crippen LogP contribution in [0.15, 0.2) is 30.3 Å². The number of anilines is 2. The number of nitro groups is 2. The number of nitrogens with zero attached hydrogens (tertiary/aromatic N) is 2. The molecule has 130 valence electrons. The fourth-order valence-corrected chi connectivity index (χ4v) is 2.42. The number of hydrogen-bond donors (Lipinski definition) is 2. The Morgan fingerprint density at radius 1 is 1.08 bits per heavy atom. The smallest absolute Gasteiger partial charge is 0.300 e. The Balaban J connectivity index is 2.56. The van der Waals surface area contributed by atoms with Crippen LogP contribution in [0.1, 0.15) is 10.4 Å². The van der Waals surface area contributed by atoms with Gasteiger partial charge in [0.25, 0.3) is 17.3 Å². The molecule has 9 nitrogen and oxygen atoms in total. The minimum atomic E-state index is -0.824. The van der Waals surface area contributed by atoms with Gasteiger partial charge in [-0.05, 0) is 18.2 Å². The lowest BCUT2D eigenvalue weighted by atomic mass is 10.1. The highest BCUT2D eigenvalue weighted by molar-refractivity contribution is 6.36. The molecule has 0 bridgehead atoms. The predicted molar refractivity (Wildman–Crippen MR) is 93.7 cm³/mol. The van der Waals surface area contributed by atoms with Crippen molar-refractivity contribution in [1.29, 1.82) is 0 Å². The van der Waals surface area contributed by atoms with Crippen molar-refractivity contribution in [3.8, 4) is 0 Å². The molecule has 0 heterocycles. The molecule has 0 atom stereocenters. The van der Waals surface area contributed by atoms with E-state index in [2.05, 4.69) is 10.6 Å². The van der Waals surface area contributed by atoms with E-state index in [1.807, 2.05) is 0 Å². The third-order valence-corrected chi connectivity index (χ3v) is 3.75. The van der Waals surface area contributed by atoms with Gasteiger partial charge in [-0.15, -0.1) is 0 Å². The van der Waals surface area contributed by atoms with Gasteiger partial charge in [0, 0.05) is 18.1 Å². The number of halogens is 2. The van der Waals surface area contributed by atoms with Gasteiger partial charge in [-0.25, -0.2) is 0 Å². The van der Waals surface area contributed by atoms with Gasteiger partial charge in [0.15, 0.2) is 0 Å². The summed E-state index contributed by atoms with van der Waals surface area (Å²) in [6.45, 7) is 0. The lowest BCUT2D eigenvalue weighted by Crippen LogP contribution is -2.16. The molecule has 0 saturated heterocycles. The summed E-state index contributed by atoms with van der Waals surface area (Å²) in [6.07, 6.45) is 0. The minimum absolute atomic E-state index is 0.161.